The number of nitrogen functional groups attached to an aromatic ring is 1. The molecule has 1 unspecified atom stereocenters. The molecule has 1 heterocycles. The van der Waals surface area contributed by atoms with Crippen molar-refractivity contribution in [3.05, 3.63) is 47.9 Å². The van der Waals surface area contributed by atoms with Gasteiger partial charge in [0.2, 0.25) is 0 Å². The molecule has 0 aliphatic rings. The van der Waals surface area contributed by atoms with E-state index in [2.05, 4.69) is 25.2 Å². The third kappa shape index (κ3) is 4.83. The largest absolute Gasteiger partial charge is 0.491 e. The first-order chi connectivity index (χ1) is 10.2. The molecule has 0 saturated carbocycles. The maximum Gasteiger partial charge on any atom is 0.142 e. The molecule has 1 aromatic carbocycles. The summed E-state index contributed by atoms with van der Waals surface area (Å²) in [5.41, 5.74) is 7.94. The summed E-state index contributed by atoms with van der Waals surface area (Å²) < 4.78 is 10.9. The average Bonchev–Trinajstić information content (AvgIpc) is 2.98. The molecule has 0 fully saturated rings. The summed E-state index contributed by atoms with van der Waals surface area (Å²) in [4.78, 5) is 0. The van der Waals surface area contributed by atoms with Crippen molar-refractivity contribution in [1.82, 2.24) is 5.32 Å². The van der Waals surface area contributed by atoms with Gasteiger partial charge in [0.05, 0.1) is 25.1 Å². The zero-order chi connectivity index (χ0) is 15.1. The number of nitrogens with one attached hydrogen (secondary N) is 1. The predicted molar refractivity (Wildman–Crippen MR) is 85.4 cm³/mol. The van der Waals surface area contributed by atoms with E-state index >= 15 is 0 Å². The number of hydrogen-bond donors (Lipinski definition) is 2. The van der Waals surface area contributed by atoms with Crippen molar-refractivity contribution in [3.8, 4) is 5.75 Å². The number of anilines is 1. The lowest BCUT2D eigenvalue weighted by Gasteiger charge is -2.14. The van der Waals surface area contributed by atoms with Crippen LogP contribution >= 0.6 is 0 Å². The van der Waals surface area contributed by atoms with Crippen LogP contribution in [-0.4, -0.2) is 12.6 Å². The van der Waals surface area contributed by atoms with Gasteiger partial charge >= 0.3 is 0 Å². The molecular formula is C17H24N2O2. The second-order valence-corrected chi connectivity index (χ2v) is 5.29. The predicted octanol–water partition coefficient (Wildman–Crippen LogP) is 3.37. The molecule has 2 aromatic rings. The Labute approximate surface area is 126 Å². The zero-order valence-corrected chi connectivity index (χ0v) is 12.8. The molecule has 0 radical (unpaired) electrons. The summed E-state index contributed by atoms with van der Waals surface area (Å²) in [5.74, 6) is 1.72. The first kappa shape index (κ1) is 15.4. The van der Waals surface area contributed by atoms with Crippen LogP contribution in [-0.2, 0) is 13.0 Å². The number of rotatable bonds is 8. The van der Waals surface area contributed by atoms with E-state index in [1.807, 2.05) is 24.3 Å². The Kier molecular flexibility index (Phi) is 5.69. The van der Waals surface area contributed by atoms with E-state index in [0.29, 0.717) is 18.3 Å². The van der Waals surface area contributed by atoms with Gasteiger partial charge in [0.1, 0.15) is 11.5 Å². The smallest absolute Gasteiger partial charge is 0.142 e. The highest BCUT2D eigenvalue weighted by Crippen LogP contribution is 2.23. The molecule has 1 atom stereocenters. The molecule has 0 bridgehead atoms. The van der Waals surface area contributed by atoms with E-state index in [0.717, 1.165) is 30.9 Å². The number of ether oxygens (including phenoxy) is 1. The Bertz CT molecular complexity index is 538. The lowest BCUT2D eigenvalue weighted by molar-refractivity contribution is 0.319. The van der Waals surface area contributed by atoms with Crippen molar-refractivity contribution in [2.75, 3.05) is 12.3 Å². The molecule has 2 rings (SSSR count). The molecule has 0 amide bonds. The average molecular weight is 288 g/mol. The highest BCUT2D eigenvalue weighted by Gasteiger charge is 2.07. The minimum Gasteiger partial charge on any atom is -0.491 e. The Morgan fingerprint density at radius 1 is 1.33 bits per heavy atom. The highest BCUT2D eigenvalue weighted by molar-refractivity contribution is 5.54. The van der Waals surface area contributed by atoms with E-state index in [4.69, 9.17) is 14.9 Å². The summed E-state index contributed by atoms with van der Waals surface area (Å²) in [7, 11) is 0. The summed E-state index contributed by atoms with van der Waals surface area (Å²) >= 11 is 0. The second kappa shape index (κ2) is 7.74. The maximum absolute atomic E-state index is 6.03. The molecule has 21 heavy (non-hydrogen) atoms. The van der Waals surface area contributed by atoms with Gasteiger partial charge in [0.25, 0.3) is 0 Å². The number of benzene rings is 1. The summed E-state index contributed by atoms with van der Waals surface area (Å²) in [5, 5.41) is 3.44. The lowest BCUT2D eigenvalue weighted by atomic mass is 10.1. The molecule has 4 nitrogen and oxygen atoms in total. The number of nitrogens with two attached hydrogens (primary N) is 1. The normalized spacial score (nSPS) is 12.3. The quantitative estimate of drug-likeness (QED) is 0.731. The van der Waals surface area contributed by atoms with E-state index in [1.165, 1.54) is 5.56 Å². The first-order valence-electron chi connectivity index (χ1n) is 7.46. The van der Waals surface area contributed by atoms with Crippen LogP contribution in [0.4, 0.5) is 5.69 Å². The standard InChI is InChI=1S/C17H24N2O2/c1-3-8-21-17-7-6-14(11-16(17)18)10-13(2)19-12-15-5-4-9-20-15/h4-7,9,11,13,19H,3,8,10,12,18H2,1-2H3. The van der Waals surface area contributed by atoms with Gasteiger partial charge in [-0.1, -0.05) is 13.0 Å². The molecule has 0 saturated heterocycles. The molecule has 0 aliphatic carbocycles. The first-order valence-corrected chi connectivity index (χ1v) is 7.46. The Morgan fingerprint density at radius 2 is 2.19 bits per heavy atom. The van der Waals surface area contributed by atoms with Crippen molar-refractivity contribution in [3.63, 3.8) is 0 Å². The molecule has 1 aromatic heterocycles. The van der Waals surface area contributed by atoms with Crippen LogP contribution in [0.15, 0.2) is 41.0 Å². The SMILES string of the molecule is CCCOc1ccc(CC(C)NCc2ccco2)cc1N. The maximum atomic E-state index is 6.03. The van der Waals surface area contributed by atoms with Crippen LogP contribution in [0.1, 0.15) is 31.6 Å². The fourth-order valence-corrected chi connectivity index (χ4v) is 2.18. The van der Waals surface area contributed by atoms with Gasteiger partial charge in [-0.2, -0.15) is 0 Å². The van der Waals surface area contributed by atoms with Crippen molar-refractivity contribution < 1.29 is 9.15 Å². The third-order valence-corrected chi connectivity index (χ3v) is 3.28. The van der Waals surface area contributed by atoms with Crippen molar-refractivity contribution in [2.45, 2.75) is 39.3 Å². The van der Waals surface area contributed by atoms with Crippen LogP contribution in [0.5, 0.6) is 5.75 Å². The van der Waals surface area contributed by atoms with Crippen molar-refractivity contribution in [2.24, 2.45) is 0 Å². The second-order valence-electron chi connectivity index (χ2n) is 5.29. The third-order valence-electron chi connectivity index (χ3n) is 3.28. The number of hydrogen-bond acceptors (Lipinski definition) is 4. The molecule has 3 N–H and O–H groups in total. The summed E-state index contributed by atoms with van der Waals surface area (Å²) in [6, 6.07) is 10.2. The van der Waals surface area contributed by atoms with E-state index in [1.54, 1.807) is 6.26 Å². The molecule has 4 heteroatoms. The van der Waals surface area contributed by atoms with Gasteiger partial charge in [0, 0.05) is 6.04 Å². The van der Waals surface area contributed by atoms with Crippen molar-refractivity contribution >= 4 is 5.69 Å². The van der Waals surface area contributed by atoms with Crippen LogP contribution in [0, 0.1) is 0 Å². The van der Waals surface area contributed by atoms with Gasteiger partial charge in [-0.15, -0.1) is 0 Å². The minimum atomic E-state index is 0.344. The molecule has 0 aliphatic heterocycles. The van der Waals surface area contributed by atoms with Crippen LogP contribution in [0.25, 0.3) is 0 Å². The Balaban J connectivity index is 1.85. The van der Waals surface area contributed by atoms with E-state index < -0.39 is 0 Å². The monoisotopic (exact) mass is 288 g/mol. The van der Waals surface area contributed by atoms with Gasteiger partial charge in [-0.25, -0.2) is 0 Å². The van der Waals surface area contributed by atoms with Crippen LogP contribution in [0.2, 0.25) is 0 Å². The van der Waals surface area contributed by atoms with Gasteiger partial charge < -0.3 is 20.2 Å². The lowest BCUT2D eigenvalue weighted by Crippen LogP contribution is -2.27. The van der Waals surface area contributed by atoms with Gasteiger partial charge in [0.15, 0.2) is 0 Å². The Hall–Kier alpha value is -1.94. The molecule has 0 spiro atoms. The molecular weight excluding hydrogens is 264 g/mol. The van der Waals surface area contributed by atoms with E-state index in [-0.39, 0.29) is 0 Å². The number of furan rings is 1. The summed E-state index contributed by atoms with van der Waals surface area (Å²) in [6.45, 7) is 5.67. The van der Waals surface area contributed by atoms with Gasteiger partial charge in [-0.05, 0) is 49.6 Å². The fourth-order valence-electron chi connectivity index (χ4n) is 2.18. The van der Waals surface area contributed by atoms with Gasteiger partial charge in [-0.3, -0.25) is 0 Å². The summed E-state index contributed by atoms with van der Waals surface area (Å²) in [6.07, 6.45) is 3.59. The molecule has 114 valence electrons. The van der Waals surface area contributed by atoms with E-state index in [9.17, 15) is 0 Å². The van der Waals surface area contributed by atoms with Crippen LogP contribution < -0.4 is 15.8 Å². The minimum absolute atomic E-state index is 0.344. The highest BCUT2D eigenvalue weighted by atomic mass is 16.5. The zero-order valence-electron chi connectivity index (χ0n) is 12.8. The van der Waals surface area contributed by atoms with Crippen LogP contribution in [0.3, 0.4) is 0 Å². The Morgan fingerprint density at radius 3 is 2.86 bits per heavy atom. The fraction of sp³-hybridized carbons (Fsp3) is 0.412. The topological polar surface area (TPSA) is 60.4 Å². The van der Waals surface area contributed by atoms with Crippen molar-refractivity contribution in [1.29, 1.82) is 0 Å².